The predicted molar refractivity (Wildman–Crippen MR) is 96.8 cm³/mol. The first-order valence-corrected chi connectivity index (χ1v) is 8.91. The molecule has 7 nitrogen and oxygen atoms in total. The monoisotopic (exact) mass is 380 g/mol. The van der Waals surface area contributed by atoms with Crippen molar-refractivity contribution in [2.24, 2.45) is 5.92 Å². The molecule has 142 valence electrons. The molecule has 0 bridgehead atoms. The van der Waals surface area contributed by atoms with Gasteiger partial charge in [-0.25, -0.2) is 9.37 Å². The van der Waals surface area contributed by atoms with Crippen LogP contribution in [0.25, 0.3) is 0 Å². The van der Waals surface area contributed by atoms with Crippen molar-refractivity contribution in [3.63, 3.8) is 0 Å². The van der Waals surface area contributed by atoms with Gasteiger partial charge in [0, 0.05) is 30.9 Å². The number of rotatable bonds is 4. The van der Waals surface area contributed by atoms with Gasteiger partial charge < -0.3 is 14.5 Å². The standard InChI is InChI=1S/C20H17FN4O3/c21-15-2-4-16(5-3-15)25-10-14(7-19(25)26)20(27)24-11-17(12-24)28-18-6-1-13(8-22)9-23-18/h1-6,9,14,17H,7,10-12H2. The Balaban J connectivity index is 1.30. The van der Waals surface area contributed by atoms with Crippen LogP contribution in [0.15, 0.2) is 42.6 Å². The summed E-state index contributed by atoms with van der Waals surface area (Å²) >= 11 is 0. The molecule has 1 aromatic heterocycles. The third-order valence-corrected chi connectivity index (χ3v) is 4.93. The summed E-state index contributed by atoms with van der Waals surface area (Å²) in [6, 6.07) is 10.9. The number of amides is 2. The molecule has 2 amide bonds. The summed E-state index contributed by atoms with van der Waals surface area (Å²) in [5.74, 6) is -0.585. The number of carbonyl (C=O) groups excluding carboxylic acids is 2. The molecule has 0 radical (unpaired) electrons. The number of halogens is 1. The van der Waals surface area contributed by atoms with Crippen molar-refractivity contribution in [2.75, 3.05) is 24.5 Å². The van der Waals surface area contributed by atoms with Gasteiger partial charge in [-0.05, 0) is 30.3 Å². The lowest BCUT2D eigenvalue weighted by Gasteiger charge is -2.39. The maximum atomic E-state index is 13.1. The number of ether oxygens (including phenoxy) is 1. The number of pyridine rings is 1. The first-order valence-electron chi connectivity index (χ1n) is 8.91. The molecule has 1 aromatic carbocycles. The molecule has 8 heteroatoms. The first kappa shape index (κ1) is 17.9. The third kappa shape index (κ3) is 3.51. The molecule has 2 saturated heterocycles. The molecule has 2 fully saturated rings. The zero-order valence-corrected chi connectivity index (χ0v) is 14.9. The summed E-state index contributed by atoms with van der Waals surface area (Å²) in [7, 11) is 0. The Morgan fingerprint density at radius 2 is 1.93 bits per heavy atom. The van der Waals surface area contributed by atoms with Crippen molar-refractivity contribution in [1.29, 1.82) is 5.26 Å². The Morgan fingerprint density at radius 1 is 1.18 bits per heavy atom. The largest absolute Gasteiger partial charge is 0.471 e. The molecule has 28 heavy (non-hydrogen) atoms. The van der Waals surface area contributed by atoms with E-state index in [0.29, 0.717) is 36.8 Å². The lowest BCUT2D eigenvalue weighted by atomic mass is 10.0. The van der Waals surface area contributed by atoms with Crippen LogP contribution >= 0.6 is 0 Å². The molecule has 0 aliphatic carbocycles. The van der Waals surface area contributed by atoms with Crippen LogP contribution in [0.3, 0.4) is 0 Å². The van der Waals surface area contributed by atoms with Gasteiger partial charge in [-0.1, -0.05) is 0 Å². The van der Waals surface area contributed by atoms with E-state index in [-0.39, 0.29) is 30.2 Å². The van der Waals surface area contributed by atoms with Crippen LogP contribution in [0.2, 0.25) is 0 Å². The van der Waals surface area contributed by atoms with Crippen molar-refractivity contribution in [1.82, 2.24) is 9.88 Å². The topological polar surface area (TPSA) is 86.5 Å². The zero-order valence-electron chi connectivity index (χ0n) is 14.9. The average molecular weight is 380 g/mol. The molecule has 4 rings (SSSR count). The molecule has 3 heterocycles. The molecule has 1 unspecified atom stereocenters. The van der Waals surface area contributed by atoms with Crippen molar-refractivity contribution >= 4 is 17.5 Å². The summed E-state index contributed by atoms with van der Waals surface area (Å²) in [6.07, 6.45) is 1.43. The van der Waals surface area contributed by atoms with E-state index in [2.05, 4.69) is 4.98 Å². The summed E-state index contributed by atoms with van der Waals surface area (Å²) in [6.45, 7) is 1.16. The second-order valence-electron chi connectivity index (χ2n) is 6.86. The van der Waals surface area contributed by atoms with E-state index in [1.807, 2.05) is 6.07 Å². The number of anilines is 1. The minimum absolute atomic E-state index is 0.0781. The number of likely N-dealkylation sites (tertiary alicyclic amines) is 1. The molecular weight excluding hydrogens is 363 g/mol. The number of benzene rings is 1. The van der Waals surface area contributed by atoms with Gasteiger partial charge in [0.25, 0.3) is 0 Å². The van der Waals surface area contributed by atoms with Crippen LogP contribution in [0.4, 0.5) is 10.1 Å². The molecule has 2 aliphatic rings. The Bertz CT molecular complexity index is 933. The highest BCUT2D eigenvalue weighted by Gasteiger charge is 2.41. The Labute approximate surface area is 160 Å². The highest BCUT2D eigenvalue weighted by Crippen LogP contribution is 2.28. The minimum atomic E-state index is -0.411. The van der Waals surface area contributed by atoms with Gasteiger partial charge >= 0.3 is 0 Å². The zero-order chi connectivity index (χ0) is 19.7. The normalized spacial score (nSPS) is 19.3. The summed E-state index contributed by atoms with van der Waals surface area (Å²) < 4.78 is 18.8. The fourth-order valence-corrected chi connectivity index (χ4v) is 3.38. The molecule has 2 aliphatic heterocycles. The number of hydrogen-bond donors (Lipinski definition) is 0. The molecule has 2 aromatic rings. The Hall–Kier alpha value is -3.47. The number of nitriles is 1. The average Bonchev–Trinajstić information content (AvgIpc) is 3.07. The number of nitrogens with zero attached hydrogens (tertiary/aromatic N) is 4. The minimum Gasteiger partial charge on any atom is -0.471 e. The summed E-state index contributed by atoms with van der Waals surface area (Å²) in [5, 5.41) is 8.77. The lowest BCUT2D eigenvalue weighted by molar-refractivity contribution is -0.144. The fourth-order valence-electron chi connectivity index (χ4n) is 3.38. The molecule has 0 spiro atoms. The van der Waals surface area contributed by atoms with E-state index in [9.17, 15) is 14.0 Å². The third-order valence-electron chi connectivity index (χ3n) is 4.93. The second kappa shape index (κ2) is 7.27. The Morgan fingerprint density at radius 3 is 2.57 bits per heavy atom. The molecule has 0 N–H and O–H groups in total. The van der Waals surface area contributed by atoms with E-state index in [1.165, 1.54) is 35.4 Å². The van der Waals surface area contributed by atoms with Crippen LogP contribution in [0.1, 0.15) is 12.0 Å². The maximum Gasteiger partial charge on any atom is 0.228 e. The Kier molecular flexibility index (Phi) is 4.65. The fraction of sp³-hybridized carbons (Fsp3) is 0.300. The van der Waals surface area contributed by atoms with Crippen molar-refractivity contribution < 1.29 is 18.7 Å². The van der Waals surface area contributed by atoms with E-state index in [1.54, 1.807) is 17.0 Å². The van der Waals surface area contributed by atoms with Gasteiger partial charge in [0.1, 0.15) is 18.0 Å². The van der Waals surface area contributed by atoms with Gasteiger partial charge in [-0.2, -0.15) is 5.26 Å². The quantitative estimate of drug-likeness (QED) is 0.806. The van der Waals surface area contributed by atoms with Gasteiger partial charge in [0.05, 0.1) is 24.6 Å². The second-order valence-corrected chi connectivity index (χ2v) is 6.86. The van der Waals surface area contributed by atoms with Crippen LogP contribution in [-0.2, 0) is 9.59 Å². The highest BCUT2D eigenvalue weighted by atomic mass is 19.1. The van der Waals surface area contributed by atoms with E-state index in [4.69, 9.17) is 10.00 Å². The summed E-state index contributed by atoms with van der Waals surface area (Å²) in [5.41, 5.74) is 1.05. The first-order chi connectivity index (χ1) is 13.5. The lowest BCUT2D eigenvalue weighted by Crippen LogP contribution is -2.57. The molecule has 0 saturated carbocycles. The van der Waals surface area contributed by atoms with Crippen molar-refractivity contribution in [3.8, 4) is 11.9 Å². The smallest absolute Gasteiger partial charge is 0.228 e. The van der Waals surface area contributed by atoms with Crippen LogP contribution < -0.4 is 9.64 Å². The number of aromatic nitrogens is 1. The SMILES string of the molecule is N#Cc1ccc(OC2CN(C(=O)C3CC(=O)N(c4ccc(F)cc4)C3)C2)nc1. The summed E-state index contributed by atoms with van der Waals surface area (Å²) in [4.78, 5) is 32.2. The van der Waals surface area contributed by atoms with Gasteiger partial charge in [-0.15, -0.1) is 0 Å². The highest BCUT2D eigenvalue weighted by molar-refractivity contribution is 6.00. The number of hydrogen-bond acceptors (Lipinski definition) is 5. The molecular formula is C20H17FN4O3. The predicted octanol–water partition coefficient (Wildman–Crippen LogP) is 1.74. The van der Waals surface area contributed by atoms with E-state index >= 15 is 0 Å². The van der Waals surface area contributed by atoms with Crippen LogP contribution in [-0.4, -0.2) is 47.4 Å². The van der Waals surface area contributed by atoms with E-state index in [0.717, 1.165) is 0 Å². The van der Waals surface area contributed by atoms with Crippen LogP contribution in [0.5, 0.6) is 5.88 Å². The maximum absolute atomic E-state index is 13.1. The molecule has 1 atom stereocenters. The van der Waals surface area contributed by atoms with E-state index < -0.39 is 5.92 Å². The van der Waals surface area contributed by atoms with Crippen molar-refractivity contribution in [2.45, 2.75) is 12.5 Å². The van der Waals surface area contributed by atoms with Gasteiger partial charge in [-0.3, -0.25) is 9.59 Å². The van der Waals surface area contributed by atoms with Crippen LogP contribution in [0, 0.1) is 23.1 Å². The van der Waals surface area contributed by atoms with Gasteiger partial charge in [0.15, 0.2) is 0 Å². The number of carbonyl (C=O) groups is 2. The van der Waals surface area contributed by atoms with Crippen molar-refractivity contribution in [3.05, 3.63) is 54.0 Å². The van der Waals surface area contributed by atoms with Gasteiger partial charge in [0.2, 0.25) is 17.7 Å².